The highest BCUT2D eigenvalue weighted by atomic mass is 19.4. The molecule has 0 radical (unpaired) electrons. The summed E-state index contributed by atoms with van der Waals surface area (Å²) >= 11 is 0. The molecular weight excluding hydrogens is 393 g/mol. The first kappa shape index (κ1) is 20.2. The first-order valence-electron chi connectivity index (χ1n) is 8.30. The number of nitrogens with one attached hydrogen (secondary N) is 1. The van der Waals surface area contributed by atoms with Gasteiger partial charge in [0.1, 0.15) is 11.9 Å². The Kier molecular flexibility index (Phi) is 5.23. The number of nitrogens with zero attached hydrogens (tertiary/aromatic N) is 3. The maximum Gasteiger partial charge on any atom is 0.418 e. The van der Waals surface area contributed by atoms with Crippen molar-refractivity contribution in [1.29, 1.82) is 0 Å². The predicted octanol–water partition coefficient (Wildman–Crippen LogP) is 2.97. The number of rotatable bonds is 4. The Bertz CT molecular complexity index is 1130. The molecule has 0 amide bonds. The average molecular weight is 408 g/mol. The van der Waals surface area contributed by atoms with Crippen molar-refractivity contribution in [2.45, 2.75) is 26.1 Å². The van der Waals surface area contributed by atoms with Gasteiger partial charge in [-0.1, -0.05) is 0 Å². The van der Waals surface area contributed by atoms with Gasteiger partial charge in [0.25, 0.3) is 5.56 Å². The number of aromatic nitrogens is 4. The molecule has 1 atom stereocenters. The molecule has 8 nitrogen and oxygen atoms in total. The van der Waals surface area contributed by atoms with Crippen LogP contribution >= 0.6 is 0 Å². The summed E-state index contributed by atoms with van der Waals surface area (Å²) in [5, 5.41) is 0. The lowest BCUT2D eigenvalue weighted by Gasteiger charge is -2.19. The van der Waals surface area contributed by atoms with Crippen LogP contribution in [0.15, 0.2) is 29.2 Å². The number of alkyl halides is 3. The third kappa shape index (κ3) is 4.18. The average Bonchev–Trinajstić information content (AvgIpc) is 2.66. The molecular formula is C18H15F3N4O4. The van der Waals surface area contributed by atoms with Gasteiger partial charge in [-0.15, -0.1) is 0 Å². The zero-order valence-corrected chi connectivity index (χ0v) is 15.5. The van der Waals surface area contributed by atoms with E-state index < -0.39 is 35.1 Å². The SMILES string of the molecule is COC(=O)c1ccc(OC(C)c2nc3c(=O)[nH]c(C)nc3cc2C(F)(F)F)nc1. The maximum atomic E-state index is 13.6. The van der Waals surface area contributed by atoms with Crippen LogP contribution in [0.5, 0.6) is 5.88 Å². The number of aryl methyl sites for hydroxylation is 1. The van der Waals surface area contributed by atoms with Crippen molar-refractivity contribution >= 4 is 17.0 Å². The van der Waals surface area contributed by atoms with Crippen molar-refractivity contribution in [3.8, 4) is 5.88 Å². The molecule has 0 bridgehead atoms. The maximum absolute atomic E-state index is 13.6. The van der Waals surface area contributed by atoms with Crippen LogP contribution in [0.25, 0.3) is 11.0 Å². The second kappa shape index (κ2) is 7.49. The van der Waals surface area contributed by atoms with Crippen molar-refractivity contribution in [3.05, 3.63) is 57.4 Å². The molecule has 0 aliphatic rings. The summed E-state index contributed by atoms with van der Waals surface area (Å²) in [5.74, 6) is -0.477. The highest BCUT2D eigenvalue weighted by Crippen LogP contribution is 2.36. The standard InChI is InChI=1S/C18H15F3N4O4/c1-8(29-13-5-4-10(7-22-13)17(27)28-3)14-11(18(19,20)21)6-12-15(25-14)16(26)24-9(2)23-12/h4-8H,1-3H3,(H,23,24,26). The lowest BCUT2D eigenvalue weighted by Crippen LogP contribution is -2.20. The second-order valence-electron chi connectivity index (χ2n) is 6.07. The molecule has 3 aromatic rings. The first-order valence-corrected chi connectivity index (χ1v) is 8.30. The Morgan fingerprint density at radius 2 is 1.97 bits per heavy atom. The minimum Gasteiger partial charge on any atom is -0.468 e. The number of fused-ring (bicyclic) bond motifs is 1. The smallest absolute Gasteiger partial charge is 0.418 e. The van der Waals surface area contributed by atoms with Crippen LogP contribution in [0.3, 0.4) is 0 Å². The molecule has 1 N–H and O–H groups in total. The van der Waals surface area contributed by atoms with Crippen LogP contribution in [-0.4, -0.2) is 33.0 Å². The van der Waals surface area contributed by atoms with Crippen LogP contribution in [-0.2, 0) is 10.9 Å². The van der Waals surface area contributed by atoms with Crippen LogP contribution in [0, 0.1) is 6.92 Å². The van der Waals surface area contributed by atoms with Gasteiger partial charge in [0, 0.05) is 12.3 Å². The second-order valence-corrected chi connectivity index (χ2v) is 6.07. The van der Waals surface area contributed by atoms with E-state index in [2.05, 4.69) is 24.7 Å². The van der Waals surface area contributed by atoms with E-state index in [4.69, 9.17) is 4.74 Å². The summed E-state index contributed by atoms with van der Waals surface area (Å²) in [5.41, 5.74) is -2.46. The molecule has 0 saturated heterocycles. The third-order valence-electron chi connectivity index (χ3n) is 3.97. The Balaban J connectivity index is 2.03. The quantitative estimate of drug-likeness (QED) is 0.662. The summed E-state index contributed by atoms with van der Waals surface area (Å²) in [4.78, 5) is 37.6. The number of carbonyl (C=O) groups is 1. The molecule has 0 fully saturated rings. The summed E-state index contributed by atoms with van der Waals surface area (Å²) in [6.45, 7) is 2.80. The molecule has 0 aromatic carbocycles. The molecule has 0 saturated carbocycles. The Hall–Kier alpha value is -3.50. The van der Waals surface area contributed by atoms with E-state index in [1.807, 2.05) is 0 Å². The van der Waals surface area contributed by atoms with E-state index in [1.165, 1.54) is 39.3 Å². The number of methoxy groups -OCH3 is 1. The van der Waals surface area contributed by atoms with E-state index in [1.54, 1.807) is 0 Å². The molecule has 0 aliphatic heterocycles. The van der Waals surface area contributed by atoms with Gasteiger partial charge in [-0.2, -0.15) is 13.2 Å². The van der Waals surface area contributed by atoms with E-state index in [0.29, 0.717) is 0 Å². The lowest BCUT2D eigenvalue weighted by atomic mass is 10.1. The predicted molar refractivity (Wildman–Crippen MR) is 94.5 cm³/mol. The number of aromatic amines is 1. The van der Waals surface area contributed by atoms with Crippen molar-refractivity contribution in [3.63, 3.8) is 0 Å². The van der Waals surface area contributed by atoms with Gasteiger partial charge in [-0.05, 0) is 26.0 Å². The normalized spacial score (nSPS) is 12.6. The Morgan fingerprint density at radius 1 is 1.24 bits per heavy atom. The van der Waals surface area contributed by atoms with Gasteiger partial charge >= 0.3 is 12.1 Å². The number of H-pyrrole nitrogens is 1. The van der Waals surface area contributed by atoms with Gasteiger partial charge in [0.05, 0.1) is 29.4 Å². The van der Waals surface area contributed by atoms with E-state index in [0.717, 1.165) is 6.07 Å². The van der Waals surface area contributed by atoms with Crippen molar-refractivity contribution in [2.24, 2.45) is 0 Å². The number of ether oxygens (including phenoxy) is 2. The molecule has 0 aliphatic carbocycles. The van der Waals surface area contributed by atoms with Crippen LogP contribution in [0.4, 0.5) is 13.2 Å². The fraction of sp³-hybridized carbons (Fsp3) is 0.278. The molecule has 3 aromatic heterocycles. The highest BCUT2D eigenvalue weighted by Gasteiger charge is 2.37. The highest BCUT2D eigenvalue weighted by molar-refractivity contribution is 5.88. The zero-order chi connectivity index (χ0) is 21.3. The van der Waals surface area contributed by atoms with Gasteiger partial charge in [-0.25, -0.2) is 19.7 Å². The number of esters is 1. The molecule has 3 heterocycles. The van der Waals surface area contributed by atoms with E-state index in [9.17, 15) is 22.8 Å². The summed E-state index contributed by atoms with van der Waals surface area (Å²) in [7, 11) is 1.21. The molecule has 0 spiro atoms. The van der Waals surface area contributed by atoms with Crippen LogP contribution in [0.1, 0.15) is 40.5 Å². The Morgan fingerprint density at radius 3 is 2.55 bits per heavy atom. The van der Waals surface area contributed by atoms with Gasteiger partial charge in [0.2, 0.25) is 5.88 Å². The van der Waals surface area contributed by atoms with Crippen LogP contribution in [0.2, 0.25) is 0 Å². The molecule has 11 heteroatoms. The van der Waals surface area contributed by atoms with Crippen molar-refractivity contribution in [1.82, 2.24) is 19.9 Å². The molecule has 3 rings (SSSR count). The van der Waals surface area contributed by atoms with E-state index in [-0.39, 0.29) is 28.3 Å². The monoisotopic (exact) mass is 408 g/mol. The Labute approximate surface area is 161 Å². The van der Waals surface area contributed by atoms with Gasteiger partial charge < -0.3 is 14.5 Å². The number of carbonyl (C=O) groups excluding carboxylic acids is 1. The number of halogens is 3. The van der Waals surface area contributed by atoms with Crippen molar-refractivity contribution < 1.29 is 27.4 Å². The largest absolute Gasteiger partial charge is 0.468 e. The summed E-state index contributed by atoms with van der Waals surface area (Å²) < 4.78 is 50.7. The zero-order valence-electron chi connectivity index (χ0n) is 15.5. The number of hydrogen-bond acceptors (Lipinski definition) is 7. The number of pyridine rings is 2. The molecule has 152 valence electrons. The minimum absolute atomic E-state index is 0.0314. The van der Waals surface area contributed by atoms with Crippen molar-refractivity contribution in [2.75, 3.05) is 7.11 Å². The molecule has 29 heavy (non-hydrogen) atoms. The first-order chi connectivity index (χ1) is 13.6. The number of hydrogen-bond donors (Lipinski definition) is 1. The minimum atomic E-state index is -4.74. The van der Waals surface area contributed by atoms with Crippen LogP contribution < -0.4 is 10.3 Å². The van der Waals surface area contributed by atoms with Gasteiger partial charge in [-0.3, -0.25) is 4.79 Å². The molecule has 1 unspecified atom stereocenters. The van der Waals surface area contributed by atoms with Gasteiger partial charge in [0.15, 0.2) is 5.52 Å². The van der Waals surface area contributed by atoms with E-state index >= 15 is 0 Å². The summed E-state index contributed by atoms with van der Waals surface area (Å²) in [6.07, 6.45) is -4.77. The summed E-state index contributed by atoms with van der Waals surface area (Å²) in [6, 6.07) is 3.44. The fourth-order valence-electron chi connectivity index (χ4n) is 2.66. The topological polar surface area (TPSA) is 107 Å². The fourth-order valence-corrected chi connectivity index (χ4v) is 2.66. The third-order valence-corrected chi connectivity index (χ3v) is 3.97. The lowest BCUT2D eigenvalue weighted by molar-refractivity contribution is -0.139.